The minimum Gasteiger partial charge on any atom is -0.454 e. The first kappa shape index (κ1) is 17.9. The molecule has 0 atom stereocenters. The maximum atomic E-state index is 12.8. The molecule has 2 aliphatic rings. The van der Waals surface area contributed by atoms with Crippen LogP contribution in [-0.4, -0.2) is 54.6 Å². The maximum absolute atomic E-state index is 12.8. The van der Waals surface area contributed by atoms with Crippen molar-refractivity contribution in [2.75, 3.05) is 33.0 Å². The molecule has 140 valence electrons. The summed E-state index contributed by atoms with van der Waals surface area (Å²) in [6, 6.07) is 10.1. The summed E-state index contributed by atoms with van der Waals surface area (Å²) >= 11 is 12.0. The largest absolute Gasteiger partial charge is 0.454 e. The molecule has 0 N–H and O–H groups in total. The van der Waals surface area contributed by atoms with Crippen LogP contribution in [0, 0.1) is 0 Å². The Hall–Kier alpha value is -2.44. The summed E-state index contributed by atoms with van der Waals surface area (Å²) < 4.78 is 10.7. The first-order valence-electron chi connectivity index (χ1n) is 8.47. The van der Waals surface area contributed by atoms with Crippen LogP contribution in [0.5, 0.6) is 11.5 Å². The molecule has 6 nitrogen and oxygen atoms in total. The van der Waals surface area contributed by atoms with Crippen LogP contribution in [-0.2, 0) is 0 Å². The third kappa shape index (κ3) is 3.42. The number of carbonyl (C=O) groups excluding carboxylic acids is 2. The molecular weight excluding hydrogens is 391 g/mol. The zero-order valence-corrected chi connectivity index (χ0v) is 15.8. The van der Waals surface area contributed by atoms with Crippen LogP contribution in [0.4, 0.5) is 0 Å². The average molecular weight is 407 g/mol. The van der Waals surface area contributed by atoms with Gasteiger partial charge in [0.1, 0.15) is 0 Å². The summed E-state index contributed by atoms with van der Waals surface area (Å²) in [7, 11) is 0. The third-order valence-electron chi connectivity index (χ3n) is 4.64. The van der Waals surface area contributed by atoms with E-state index in [9.17, 15) is 9.59 Å². The summed E-state index contributed by atoms with van der Waals surface area (Å²) in [5.74, 6) is 0.760. The molecule has 2 aromatic rings. The lowest BCUT2D eigenvalue weighted by molar-refractivity contribution is 0.0533. The number of ether oxygens (including phenoxy) is 2. The van der Waals surface area contributed by atoms with E-state index in [0.717, 1.165) is 0 Å². The Balaban J connectivity index is 1.44. The Morgan fingerprint density at radius 3 is 2.19 bits per heavy atom. The molecule has 0 saturated carbocycles. The highest BCUT2D eigenvalue weighted by Crippen LogP contribution is 2.36. The van der Waals surface area contributed by atoms with E-state index in [1.165, 1.54) is 0 Å². The smallest absolute Gasteiger partial charge is 0.257 e. The summed E-state index contributed by atoms with van der Waals surface area (Å²) in [6.07, 6.45) is 0. The minimum absolute atomic E-state index is 0.115. The predicted octanol–water partition coefficient (Wildman–Crippen LogP) is 3.32. The lowest BCUT2D eigenvalue weighted by atomic mass is 10.1. The lowest BCUT2D eigenvalue weighted by Gasteiger charge is -2.35. The number of carbonyl (C=O) groups is 2. The van der Waals surface area contributed by atoms with Crippen molar-refractivity contribution in [3.05, 3.63) is 57.6 Å². The van der Waals surface area contributed by atoms with E-state index in [2.05, 4.69) is 0 Å². The highest BCUT2D eigenvalue weighted by atomic mass is 35.5. The molecule has 2 aromatic carbocycles. The monoisotopic (exact) mass is 406 g/mol. The number of halogens is 2. The molecule has 8 heteroatoms. The Labute approximate surface area is 166 Å². The van der Waals surface area contributed by atoms with Crippen LogP contribution in [0.15, 0.2) is 36.4 Å². The van der Waals surface area contributed by atoms with Gasteiger partial charge in [-0.05, 0) is 30.3 Å². The van der Waals surface area contributed by atoms with Gasteiger partial charge in [-0.15, -0.1) is 0 Å². The molecule has 1 fully saturated rings. The van der Waals surface area contributed by atoms with Crippen molar-refractivity contribution in [2.24, 2.45) is 0 Å². The SMILES string of the molecule is O=C(c1ccc(Cl)cc1Cl)N1CCN(C(=O)c2cccc3c2OCO3)CC1. The first-order chi connectivity index (χ1) is 13.0. The van der Waals surface area contributed by atoms with Gasteiger partial charge in [-0.1, -0.05) is 29.3 Å². The molecule has 2 aliphatic heterocycles. The van der Waals surface area contributed by atoms with Crippen molar-refractivity contribution in [3.63, 3.8) is 0 Å². The fourth-order valence-corrected chi connectivity index (χ4v) is 3.70. The summed E-state index contributed by atoms with van der Waals surface area (Å²) in [5, 5.41) is 0.802. The number of hydrogen-bond acceptors (Lipinski definition) is 4. The van der Waals surface area contributed by atoms with Crippen molar-refractivity contribution in [3.8, 4) is 11.5 Å². The topological polar surface area (TPSA) is 59.1 Å². The van der Waals surface area contributed by atoms with E-state index < -0.39 is 0 Å². The van der Waals surface area contributed by atoms with Crippen molar-refractivity contribution >= 4 is 35.0 Å². The summed E-state index contributed by atoms with van der Waals surface area (Å²) in [5.41, 5.74) is 0.887. The van der Waals surface area contributed by atoms with Gasteiger partial charge in [0.15, 0.2) is 11.5 Å². The Kier molecular flexibility index (Phi) is 4.85. The van der Waals surface area contributed by atoms with Crippen molar-refractivity contribution in [1.82, 2.24) is 9.80 Å². The van der Waals surface area contributed by atoms with Gasteiger partial charge in [0.25, 0.3) is 11.8 Å². The Morgan fingerprint density at radius 1 is 0.852 bits per heavy atom. The van der Waals surface area contributed by atoms with Crippen molar-refractivity contribution < 1.29 is 19.1 Å². The number of benzene rings is 2. The van der Waals surface area contributed by atoms with Crippen LogP contribution in [0.3, 0.4) is 0 Å². The standard InChI is InChI=1S/C19H16Cl2N2O4/c20-12-4-5-13(15(21)10-12)18(24)22-6-8-23(9-7-22)19(25)14-2-1-3-16-17(14)27-11-26-16/h1-5,10H,6-9,11H2. The molecule has 0 bridgehead atoms. The normalized spacial score (nSPS) is 15.8. The van der Waals surface area contributed by atoms with Gasteiger partial charge in [-0.25, -0.2) is 0 Å². The maximum Gasteiger partial charge on any atom is 0.257 e. The highest BCUT2D eigenvalue weighted by Gasteiger charge is 2.29. The Morgan fingerprint density at radius 2 is 1.52 bits per heavy atom. The summed E-state index contributed by atoms with van der Waals surface area (Å²) in [4.78, 5) is 28.9. The second-order valence-corrected chi connectivity index (χ2v) is 7.09. The number of hydrogen-bond donors (Lipinski definition) is 0. The molecule has 0 radical (unpaired) electrons. The number of nitrogens with zero attached hydrogens (tertiary/aromatic N) is 2. The van der Waals surface area contributed by atoms with Crippen molar-refractivity contribution in [2.45, 2.75) is 0 Å². The zero-order chi connectivity index (χ0) is 19.0. The van der Waals surface area contributed by atoms with Crippen LogP contribution in [0.1, 0.15) is 20.7 Å². The van der Waals surface area contributed by atoms with E-state index in [4.69, 9.17) is 32.7 Å². The third-order valence-corrected chi connectivity index (χ3v) is 5.19. The van der Waals surface area contributed by atoms with Crippen LogP contribution in [0.25, 0.3) is 0 Å². The molecular formula is C19H16Cl2N2O4. The molecule has 1 saturated heterocycles. The number of fused-ring (bicyclic) bond motifs is 1. The second kappa shape index (κ2) is 7.29. The van der Waals surface area contributed by atoms with E-state index in [1.54, 1.807) is 46.2 Å². The number of para-hydroxylation sites is 1. The van der Waals surface area contributed by atoms with Gasteiger partial charge < -0.3 is 19.3 Å². The van der Waals surface area contributed by atoms with E-state index in [0.29, 0.717) is 58.9 Å². The lowest BCUT2D eigenvalue weighted by Crippen LogP contribution is -2.50. The predicted molar refractivity (Wildman–Crippen MR) is 101 cm³/mol. The Bertz CT molecular complexity index is 911. The van der Waals surface area contributed by atoms with E-state index >= 15 is 0 Å². The molecule has 4 rings (SSSR count). The average Bonchev–Trinajstić information content (AvgIpc) is 3.16. The molecule has 0 aliphatic carbocycles. The molecule has 27 heavy (non-hydrogen) atoms. The molecule has 2 amide bonds. The molecule has 0 aromatic heterocycles. The highest BCUT2D eigenvalue weighted by molar-refractivity contribution is 6.36. The van der Waals surface area contributed by atoms with Gasteiger partial charge in [-0.2, -0.15) is 0 Å². The van der Waals surface area contributed by atoms with Gasteiger partial charge >= 0.3 is 0 Å². The second-order valence-electron chi connectivity index (χ2n) is 6.25. The quantitative estimate of drug-likeness (QED) is 0.767. The van der Waals surface area contributed by atoms with E-state index in [1.807, 2.05) is 0 Å². The number of piperazine rings is 1. The fraction of sp³-hybridized carbons (Fsp3) is 0.263. The summed E-state index contributed by atoms with van der Waals surface area (Å²) in [6.45, 7) is 1.83. The van der Waals surface area contributed by atoms with Gasteiger partial charge in [0.05, 0.1) is 16.1 Å². The zero-order valence-electron chi connectivity index (χ0n) is 14.3. The van der Waals surface area contributed by atoms with Crippen molar-refractivity contribution in [1.29, 1.82) is 0 Å². The van der Waals surface area contributed by atoms with Crippen LogP contribution < -0.4 is 9.47 Å². The molecule has 0 spiro atoms. The van der Waals surface area contributed by atoms with Gasteiger partial charge in [-0.3, -0.25) is 9.59 Å². The first-order valence-corrected chi connectivity index (χ1v) is 9.22. The van der Waals surface area contributed by atoms with E-state index in [-0.39, 0.29) is 18.6 Å². The molecule has 0 unspecified atom stereocenters. The van der Waals surface area contributed by atoms with Crippen LogP contribution >= 0.6 is 23.2 Å². The number of rotatable bonds is 2. The minimum atomic E-state index is -0.166. The van der Waals surface area contributed by atoms with Gasteiger partial charge in [0.2, 0.25) is 6.79 Å². The van der Waals surface area contributed by atoms with Crippen LogP contribution in [0.2, 0.25) is 10.0 Å². The molecule has 2 heterocycles. The fourth-order valence-electron chi connectivity index (χ4n) is 3.21. The number of amides is 2. The van der Waals surface area contributed by atoms with Gasteiger partial charge in [0, 0.05) is 31.2 Å².